The third kappa shape index (κ3) is 2.75. The lowest BCUT2D eigenvalue weighted by Crippen LogP contribution is -2.24. The van der Waals surface area contributed by atoms with Gasteiger partial charge in [-0.1, -0.05) is 25.1 Å². The molecule has 3 nitrogen and oxygen atoms in total. The van der Waals surface area contributed by atoms with Gasteiger partial charge in [0.15, 0.2) is 5.96 Å². The zero-order chi connectivity index (χ0) is 11.4. The molecule has 0 bridgehead atoms. The van der Waals surface area contributed by atoms with Crippen molar-refractivity contribution in [3.8, 4) is 0 Å². The topological polar surface area (TPSA) is 50.4 Å². The molecular formula is C13H19N3. The monoisotopic (exact) mass is 217 g/mol. The fraction of sp³-hybridized carbons (Fsp3) is 0.462. The zero-order valence-electron chi connectivity index (χ0n) is 9.74. The lowest BCUT2D eigenvalue weighted by Gasteiger charge is -2.10. The Bertz CT molecular complexity index is 366. The van der Waals surface area contributed by atoms with E-state index in [1.807, 2.05) is 30.3 Å². The summed E-state index contributed by atoms with van der Waals surface area (Å²) in [6, 6.07) is 9.90. The molecule has 1 aliphatic rings. The van der Waals surface area contributed by atoms with E-state index in [4.69, 9.17) is 5.73 Å². The first kappa shape index (κ1) is 11.0. The minimum atomic E-state index is 0.461. The van der Waals surface area contributed by atoms with Gasteiger partial charge in [0.2, 0.25) is 0 Å². The van der Waals surface area contributed by atoms with Crippen LogP contribution in [0.5, 0.6) is 0 Å². The highest BCUT2D eigenvalue weighted by Crippen LogP contribution is 2.48. The van der Waals surface area contributed by atoms with Crippen molar-refractivity contribution in [1.29, 1.82) is 0 Å². The molecule has 3 N–H and O–H groups in total. The van der Waals surface area contributed by atoms with Gasteiger partial charge in [-0.05, 0) is 36.8 Å². The van der Waals surface area contributed by atoms with Gasteiger partial charge in [-0.2, -0.15) is 0 Å². The highest BCUT2D eigenvalue weighted by atomic mass is 15.1. The first-order chi connectivity index (χ1) is 7.74. The Morgan fingerprint density at radius 2 is 2.06 bits per heavy atom. The summed E-state index contributed by atoms with van der Waals surface area (Å²) < 4.78 is 0. The van der Waals surface area contributed by atoms with Crippen LogP contribution in [0.3, 0.4) is 0 Å². The van der Waals surface area contributed by atoms with Crippen molar-refractivity contribution in [1.82, 2.24) is 0 Å². The van der Waals surface area contributed by atoms with Crippen LogP contribution in [0.2, 0.25) is 0 Å². The molecule has 2 rings (SSSR count). The normalized spacial score (nSPS) is 18.2. The van der Waals surface area contributed by atoms with Crippen LogP contribution in [-0.2, 0) is 0 Å². The molecule has 1 saturated carbocycles. The van der Waals surface area contributed by atoms with Crippen molar-refractivity contribution in [2.45, 2.75) is 26.2 Å². The zero-order valence-corrected chi connectivity index (χ0v) is 9.74. The predicted octanol–water partition coefficient (Wildman–Crippen LogP) is 2.60. The number of nitrogens with two attached hydrogens (primary N) is 1. The molecule has 0 aliphatic heterocycles. The van der Waals surface area contributed by atoms with Gasteiger partial charge < -0.3 is 11.1 Å². The molecule has 0 unspecified atom stereocenters. The number of anilines is 1. The summed E-state index contributed by atoms with van der Waals surface area (Å²) >= 11 is 0. The van der Waals surface area contributed by atoms with E-state index in [0.29, 0.717) is 11.4 Å². The van der Waals surface area contributed by atoms with Gasteiger partial charge in [0.25, 0.3) is 0 Å². The van der Waals surface area contributed by atoms with Crippen molar-refractivity contribution in [3.05, 3.63) is 30.3 Å². The molecule has 1 fully saturated rings. The number of guanidine groups is 1. The Labute approximate surface area is 96.8 Å². The van der Waals surface area contributed by atoms with E-state index in [-0.39, 0.29) is 0 Å². The van der Waals surface area contributed by atoms with Gasteiger partial charge in [-0.3, -0.25) is 4.99 Å². The molecule has 1 aliphatic carbocycles. The maximum absolute atomic E-state index is 5.83. The Balaban J connectivity index is 1.88. The maximum atomic E-state index is 5.83. The molecule has 16 heavy (non-hydrogen) atoms. The van der Waals surface area contributed by atoms with Crippen LogP contribution in [0.1, 0.15) is 26.2 Å². The first-order valence-corrected chi connectivity index (χ1v) is 5.86. The second kappa shape index (κ2) is 4.56. The average Bonchev–Trinajstić information content (AvgIpc) is 3.09. The second-order valence-electron chi connectivity index (χ2n) is 4.55. The van der Waals surface area contributed by atoms with E-state index in [0.717, 1.165) is 12.2 Å². The van der Waals surface area contributed by atoms with E-state index in [1.165, 1.54) is 19.3 Å². The summed E-state index contributed by atoms with van der Waals surface area (Å²) in [5.74, 6) is 0.519. The van der Waals surface area contributed by atoms with Gasteiger partial charge in [0.1, 0.15) is 0 Å². The molecule has 0 aromatic heterocycles. The Kier molecular flexibility index (Phi) is 3.13. The van der Waals surface area contributed by atoms with Gasteiger partial charge in [0, 0.05) is 12.2 Å². The predicted molar refractivity (Wildman–Crippen MR) is 68.5 cm³/mol. The van der Waals surface area contributed by atoms with Crippen LogP contribution in [0.15, 0.2) is 35.3 Å². The van der Waals surface area contributed by atoms with E-state index in [1.54, 1.807) is 0 Å². The van der Waals surface area contributed by atoms with Crippen molar-refractivity contribution in [3.63, 3.8) is 0 Å². The number of aliphatic imine (C=N–C) groups is 1. The second-order valence-corrected chi connectivity index (χ2v) is 4.55. The maximum Gasteiger partial charge on any atom is 0.193 e. The Hall–Kier alpha value is -1.51. The number of rotatable bonds is 4. The van der Waals surface area contributed by atoms with Crippen LogP contribution in [0.25, 0.3) is 0 Å². The number of benzene rings is 1. The number of nitrogens with zero attached hydrogens (tertiary/aromatic N) is 1. The quantitative estimate of drug-likeness (QED) is 0.601. The SMILES string of the molecule is CCC1(CN=C(N)Nc2ccccc2)CC1. The summed E-state index contributed by atoms with van der Waals surface area (Å²) in [5.41, 5.74) is 7.29. The van der Waals surface area contributed by atoms with Crippen LogP contribution in [0, 0.1) is 5.41 Å². The summed E-state index contributed by atoms with van der Waals surface area (Å²) in [6.45, 7) is 3.08. The lowest BCUT2D eigenvalue weighted by atomic mass is 10.1. The number of hydrogen-bond donors (Lipinski definition) is 2. The van der Waals surface area contributed by atoms with Crippen LogP contribution in [0.4, 0.5) is 5.69 Å². The summed E-state index contributed by atoms with van der Waals surface area (Å²) in [4.78, 5) is 4.41. The molecular weight excluding hydrogens is 198 g/mol. The number of para-hydroxylation sites is 1. The largest absolute Gasteiger partial charge is 0.370 e. The van der Waals surface area contributed by atoms with Crippen molar-refractivity contribution in [2.24, 2.45) is 16.1 Å². The van der Waals surface area contributed by atoms with Gasteiger partial charge in [-0.15, -0.1) is 0 Å². The van der Waals surface area contributed by atoms with Crippen molar-refractivity contribution < 1.29 is 0 Å². The van der Waals surface area contributed by atoms with E-state index in [9.17, 15) is 0 Å². The summed E-state index contributed by atoms with van der Waals surface area (Å²) in [7, 11) is 0. The summed E-state index contributed by atoms with van der Waals surface area (Å²) in [5, 5.41) is 3.09. The van der Waals surface area contributed by atoms with Gasteiger partial charge >= 0.3 is 0 Å². The molecule has 1 aromatic carbocycles. The lowest BCUT2D eigenvalue weighted by molar-refractivity contribution is 0.506. The van der Waals surface area contributed by atoms with Gasteiger partial charge in [0.05, 0.1) is 0 Å². The van der Waals surface area contributed by atoms with E-state index >= 15 is 0 Å². The van der Waals surface area contributed by atoms with Crippen LogP contribution in [-0.4, -0.2) is 12.5 Å². The fourth-order valence-electron chi connectivity index (χ4n) is 1.76. The minimum Gasteiger partial charge on any atom is -0.370 e. The summed E-state index contributed by atoms with van der Waals surface area (Å²) in [6.07, 6.45) is 3.80. The molecule has 0 heterocycles. The highest BCUT2D eigenvalue weighted by Gasteiger charge is 2.40. The molecule has 0 spiro atoms. The third-order valence-electron chi connectivity index (χ3n) is 3.34. The fourth-order valence-corrected chi connectivity index (χ4v) is 1.76. The number of nitrogens with one attached hydrogen (secondary N) is 1. The first-order valence-electron chi connectivity index (χ1n) is 5.86. The molecule has 86 valence electrons. The molecule has 3 heteroatoms. The Morgan fingerprint density at radius 1 is 1.38 bits per heavy atom. The van der Waals surface area contributed by atoms with Crippen LogP contribution < -0.4 is 11.1 Å². The molecule has 0 amide bonds. The third-order valence-corrected chi connectivity index (χ3v) is 3.34. The molecule has 0 atom stereocenters. The molecule has 0 saturated heterocycles. The smallest absolute Gasteiger partial charge is 0.193 e. The standard InChI is InChI=1S/C13H19N3/c1-2-13(8-9-13)10-15-12(14)16-11-6-4-3-5-7-11/h3-7H,2,8-10H2,1H3,(H3,14,15,16). The number of hydrogen-bond acceptors (Lipinski definition) is 1. The highest BCUT2D eigenvalue weighted by molar-refractivity contribution is 5.92. The van der Waals surface area contributed by atoms with Crippen molar-refractivity contribution in [2.75, 3.05) is 11.9 Å². The van der Waals surface area contributed by atoms with Crippen molar-refractivity contribution >= 4 is 11.6 Å². The van der Waals surface area contributed by atoms with E-state index in [2.05, 4.69) is 17.2 Å². The van der Waals surface area contributed by atoms with E-state index < -0.39 is 0 Å². The van der Waals surface area contributed by atoms with Crippen LogP contribution >= 0.6 is 0 Å². The van der Waals surface area contributed by atoms with Gasteiger partial charge in [-0.25, -0.2) is 0 Å². The average molecular weight is 217 g/mol. The molecule has 1 aromatic rings. The minimum absolute atomic E-state index is 0.461. The molecule has 0 radical (unpaired) electrons. The Morgan fingerprint density at radius 3 is 2.62 bits per heavy atom.